The van der Waals surface area contributed by atoms with Gasteiger partial charge in [0.05, 0.1) is 30.2 Å². The first-order valence-electron chi connectivity index (χ1n) is 8.91. The number of hydrogen-bond acceptors (Lipinski definition) is 3. The summed E-state index contributed by atoms with van der Waals surface area (Å²) >= 11 is 6.12. The highest BCUT2D eigenvalue weighted by molar-refractivity contribution is 6.31. The van der Waals surface area contributed by atoms with Crippen LogP contribution >= 0.6 is 11.6 Å². The first kappa shape index (κ1) is 19.9. The van der Waals surface area contributed by atoms with Crippen molar-refractivity contribution in [1.82, 2.24) is 9.78 Å². The Kier molecular flexibility index (Phi) is 5.99. The summed E-state index contributed by atoms with van der Waals surface area (Å²) in [4.78, 5) is 12.6. The number of amides is 1. The molecule has 1 aromatic heterocycles. The van der Waals surface area contributed by atoms with Gasteiger partial charge in [0, 0.05) is 16.1 Å². The molecule has 1 N–H and O–H groups in total. The smallest absolute Gasteiger partial charge is 0.255 e. The van der Waals surface area contributed by atoms with Gasteiger partial charge in [0.25, 0.3) is 5.91 Å². The first-order chi connectivity index (χ1) is 13.4. The summed E-state index contributed by atoms with van der Waals surface area (Å²) < 4.78 is 21.1. The zero-order chi connectivity index (χ0) is 20.3. The lowest BCUT2D eigenvalue weighted by Gasteiger charge is -2.09. The van der Waals surface area contributed by atoms with Crippen molar-refractivity contribution in [2.45, 2.75) is 27.3 Å². The van der Waals surface area contributed by atoms with Crippen LogP contribution in [0, 0.1) is 19.7 Å². The van der Waals surface area contributed by atoms with Crippen LogP contribution in [0.4, 0.5) is 10.1 Å². The standard InChI is InChI=1S/C21H21ClFN3O2/c1-4-28-16-10-8-15(9-11-16)21(27)24-20-13(2)25-26(14(20)3)12-17-18(22)6-5-7-19(17)23/h5-11H,4,12H2,1-3H3,(H,24,27). The quantitative estimate of drug-likeness (QED) is 0.633. The van der Waals surface area contributed by atoms with Crippen LogP contribution in [0.1, 0.15) is 34.2 Å². The van der Waals surface area contributed by atoms with E-state index in [1.54, 1.807) is 48.0 Å². The second kappa shape index (κ2) is 8.44. The summed E-state index contributed by atoms with van der Waals surface area (Å²) in [6, 6.07) is 11.5. The molecule has 0 aliphatic carbocycles. The molecule has 0 saturated heterocycles. The SMILES string of the molecule is CCOc1ccc(C(=O)Nc2c(C)nn(Cc3c(F)cccc3Cl)c2C)cc1. The molecule has 146 valence electrons. The number of nitrogens with zero attached hydrogens (tertiary/aromatic N) is 2. The third kappa shape index (κ3) is 4.17. The van der Waals surface area contributed by atoms with Crippen LogP contribution in [0.3, 0.4) is 0 Å². The number of carbonyl (C=O) groups excluding carboxylic acids is 1. The van der Waals surface area contributed by atoms with Gasteiger partial charge in [0.15, 0.2) is 0 Å². The summed E-state index contributed by atoms with van der Waals surface area (Å²) in [5.41, 5.74) is 2.83. The molecule has 0 spiro atoms. The van der Waals surface area contributed by atoms with Crippen molar-refractivity contribution in [3.05, 3.63) is 75.8 Å². The number of halogens is 2. The van der Waals surface area contributed by atoms with E-state index in [1.165, 1.54) is 6.07 Å². The van der Waals surface area contributed by atoms with Gasteiger partial charge in [-0.2, -0.15) is 5.10 Å². The Hall–Kier alpha value is -2.86. The summed E-state index contributed by atoms with van der Waals surface area (Å²) in [5.74, 6) is 0.0683. The Bertz CT molecular complexity index is 979. The molecule has 0 saturated carbocycles. The number of carbonyl (C=O) groups is 1. The van der Waals surface area contributed by atoms with Crippen molar-refractivity contribution >= 4 is 23.2 Å². The van der Waals surface area contributed by atoms with Gasteiger partial charge in [0.2, 0.25) is 0 Å². The lowest BCUT2D eigenvalue weighted by atomic mass is 10.2. The van der Waals surface area contributed by atoms with E-state index in [0.29, 0.717) is 39.9 Å². The number of aryl methyl sites for hydroxylation is 1. The molecule has 5 nitrogen and oxygen atoms in total. The maximum atomic E-state index is 14.1. The predicted molar refractivity (Wildman–Crippen MR) is 108 cm³/mol. The number of nitrogens with one attached hydrogen (secondary N) is 1. The van der Waals surface area contributed by atoms with Gasteiger partial charge >= 0.3 is 0 Å². The molecule has 28 heavy (non-hydrogen) atoms. The summed E-state index contributed by atoms with van der Waals surface area (Å²) in [6.45, 7) is 6.26. The molecular weight excluding hydrogens is 381 g/mol. The van der Waals surface area contributed by atoms with E-state index < -0.39 is 0 Å². The number of aromatic nitrogens is 2. The molecule has 0 atom stereocenters. The molecule has 3 aromatic rings. The van der Waals surface area contributed by atoms with Crippen LogP contribution in [-0.2, 0) is 6.54 Å². The van der Waals surface area contributed by atoms with Gasteiger partial charge in [-0.25, -0.2) is 4.39 Å². The molecule has 0 fully saturated rings. The Morgan fingerprint density at radius 3 is 2.57 bits per heavy atom. The summed E-state index contributed by atoms with van der Waals surface area (Å²) in [7, 11) is 0. The molecular formula is C21H21ClFN3O2. The van der Waals surface area contributed by atoms with Gasteiger partial charge in [-0.05, 0) is 57.2 Å². The number of hydrogen-bond donors (Lipinski definition) is 1. The van der Waals surface area contributed by atoms with Crippen LogP contribution in [-0.4, -0.2) is 22.3 Å². The minimum absolute atomic E-state index is 0.178. The molecule has 2 aromatic carbocycles. The molecule has 0 unspecified atom stereocenters. The van der Waals surface area contributed by atoms with Crippen LogP contribution < -0.4 is 10.1 Å². The number of rotatable bonds is 6. The Morgan fingerprint density at radius 1 is 1.21 bits per heavy atom. The molecule has 1 amide bonds. The fourth-order valence-corrected chi connectivity index (χ4v) is 3.14. The summed E-state index contributed by atoms with van der Waals surface area (Å²) in [6.07, 6.45) is 0. The van der Waals surface area contributed by atoms with Crippen LogP contribution in [0.2, 0.25) is 5.02 Å². The average Bonchev–Trinajstić information content (AvgIpc) is 2.93. The molecule has 0 aliphatic heterocycles. The second-order valence-electron chi connectivity index (χ2n) is 6.32. The highest BCUT2D eigenvalue weighted by Crippen LogP contribution is 2.25. The number of benzene rings is 2. The highest BCUT2D eigenvalue weighted by atomic mass is 35.5. The van der Waals surface area contributed by atoms with E-state index in [9.17, 15) is 9.18 Å². The van der Waals surface area contributed by atoms with Gasteiger partial charge < -0.3 is 10.1 Å². The molecule has 1 heterocycles. The lowest BCUT2D eigenvalue weighted by molar-refractivity contribution is 0.102. The largest absolute Gasteiger partial charge is 0.494 e. The van der Waals surface area contributed by atoms with Crippen molar-refractivity contribution in [2.24, 2.45) is 0 Å². The van der Waals surface area contributed by atoms with Crippen LogP contribution in [0.15, 0.2) is 42.5 Å². The topological polar surface area (TPSA) is 56.1 Å². The van der Waals surface area contributed by atoms with E-state index in [-0.39, 0.29) is 18.3 Å². The zero-order valence-electron chi connectivity index (χ0n) is 15.9. The van der Waals surface area contributed by atoms with Crippen molar-refractivity contribution in [3.63, 3.8) is 0 Å². The predicted octanol–water partition coefficient (Wildman–Crippen LogP) is 4.99. The Morgan fingerprint density at radius 2 is 1.93 bits per heavy atom. The van der Waals surface area contributed by atoms with Crippen molar-refractivity contribution < 1.29 is 13.9 Å². The third-order valence-electron chi connectivity index (χ3n) is 4.42. The molecule has 0 bridgehead atoms. The second-order valence-corrected chi connectivity index (χ2v) is 6.72. The highest BCUT2D eigenvalue weighted by Gasteiger charge is 2.17. The van der Waals surface area contributed by atoms with Crippen molar-refractivity contribution in [2.75, 3.05) is 11.9 Å². The normalized spacial score (nSPS) is 10.8. The van der Waals surface area contributed by atoms with Gasteiger partial charge in [-0.1, -0.05) is 17.7 Å². The van der Waals surface area contributed by atoms with Gasteiger partial charge in [-0.15, -0.1) is 0 Å². The van der Waals surface area contributed by atoms with Gasteiger partial charge in [-0.3, -0.25) is 9.48 Å². The van der Waals surface area contributed by atoms with Crippen LogP contribution in [0.5, 0.6) is 5.75 Å². The molecule has 0 radical (unpaired) electrons. The van der Waals surface area contributed by atoms with Crippen molar-refractivity contribution in [1.29, 1.82) is 0 Å². The van der Waals surface area contributed by atoms with Gasteiger partial charge in [0.1, 0.15) is 11.6 Å². The van der Waals surface area contributed by atoms with Crippen LogP contribution in [0.25, 0.3) is 0 Å². The maximum absolute atomic E-state index is 14.1. The fraction of sp³-hybridized carbons (Fsp3) is 0.238. The number of ether oxygens (including phenoxy) is 1. The third-order valence-corrected chi connectivity index (χ3v) is 4.77. The Labute approximate surface area is 168 Å². The fourth-order valence-electron chi connectivity index (χ4n) is 2.92. The summed E-state index contributed by atoms with van der Waals surface area (Å²) in [5, 5.41) is 7.66. The van der Waals surface area contributed by atoms with E-state index in [0.717, 1.165) is 5.69 Å². The minimum Gasteiger partial charge on any atom is -0.494 e. The zero-order valence-corrected chi connectivity index (χ0v) is 16.7. The monoisotopic (exact) mass is 401 g/mol. The Balaban J connectivity index is 1.81. The number of anilines is 1. The van der Waals surface area contributed by atoms with E-state index in [2.05, 4.69) is 10.4 Å². The first-order valence-corrected chi connectivity index (χ1v) is 9.29. The van der Waals surface area contributed by atoms with E-state index >= 15 is 0 Å². The minimum atomic E-state index is -0.389. The van der Waals surface area contributed by atoms with E-state index in [1.807, 2.05) is 13.8 Å². The van der Waals surface area contributed by atoms with Crippen molar-refractivity contribution in [3.8, 4) is 5.75 Å². The van der Waals surface area contributed by atoms with E-state index in [4.69, 9.17) is 16.3 Å². The molecule has 3 rings (SSSR count). The molecule has 0 aliphatic rings. The maximum Gasteiger partial charge on any atom is 0.255 e. The lowest BCUT2D eigenvalue weighted by Crippen LogP contribution is -2.13. The average molecular weight is 402 g/mol. The molecule has 7 heteroatoms.